The molecule has 0 radical (unpaired) electrons. The van der Waals surface area contributed by atoms with Crippen molar-refractivity contribution in [3.8, 4) is 17.9 Å². The molecule has 3 nitrogen and oxygen atoms in total. The Hall–Kier alpha value is -1.81. The third-order valence-corrected chi connectivity index (χ3v) is 2.94. The minimum Gasteiger partial charge on any atom is -0.320 e. The smallest absolute Gasteiger partial charge is 0.0666 e. The van der Waals surface area contributed by atoms with Crippen LogP contribution in [0, 0.1) is 29.1 Å². The molecule has 0 fully saturated rings. The lowest BCUT2D eigenvalue weighted by Gasteiger charge is -2.22. The maximum absolute atomic E-state index is 8.90. The van der Waals surface area contributed by atoms with Crippen molar-refractivity contribution in [1.82, 2.24) is 4.90 Å². The molecule has 3 heteroatoms. The number of hydrogen-bond donors (Lipinski definition) is 1. The highest BCUT2D eigenvalue weighted by Crippen LogP contribution is 2.12. The molecule has 0 aliphatic rings. The predicted molar refractivity (Wildman–Crippen MR) is 78.1 cm³/mol. The van der Waals surface area contributed by atoms with E-state index in [9.17, 15) is 0 Å². The van der Waals surface area contributed by atoms with Crippen LogP contribution in [0.15, 0.2) is 24.3 Å². The van der Waals surface area contributed by atoms with E-state index in [1.54, 1.807) is 0 Å². The Balaban J connectivity index is 2.82. The first-order valence-corrected chi connectivity index (χ1v) is 6.60. The summed E-state index contributed by atoms with van der Waals surface area (Å²) >= 11 is 0. The third-order valence-electron chi connectivity index (χ3n) is 2.94. The Morgan fingerprint density at radius 2 is 2.11 bits per heavy atom. The zero-order valence-electron chi connectivity index (χ0n) is 11.7. The van der Waals surface area contributed by atoms with Crippen molar-refractivity contribution in [3.63, 3.8) is 0 Å². The van der Waals surface area contributed by atoms with Gasteiger partial charge in [-0.1, -0.05) is 37.0 Å². The molecule has 1 atom stereocenters. The number of nitrogens with two attached hydrogens (primary N) is 1. The van der Waals surface area contributed by atoms with E-state index in [2.05, 4.69) is 35.8 Å². The van der Waals surface area contributed by atoms with Gasteiger partial charge in [0.2, 0.25) is 0 Å². The number of nitrogens with zero attached hydrogens (tertiary/aromatic N) is 2. The van der Waals surface area contributed by atoms with Gasteiger partial charge in [0.1, 0.15) is 0 Å². The summed E-state index contributed by atoms with van der Waals surface area (Å²) in [7, 11) is 0. The molecule has 0 aliphatic heterocycles. The van der Waals surface area contributed by atoms with Gasteiger partial charge in [0, 0.05) is 18.7 Å². The summed E-state index contributed by atoms with van der Waals surface area (Å²) in [6, 6.07) is 10.4. The molecule has 100 valence electrons. The third kappa shape index (κ3) is 5.14. The lowest BCUT2D eigenvalue weighted by molar-refractivity contribution is 0.260. The van der Waals surface area contributed by atoms with Crippen molar-refractivity contribution in [2.45, 2.75) is 20.4 Å². The van der Waals surface area contributed by atoms with Gasteiger partial charge in [0.25, 0.3) is 0 Å². The second kappa shape index (κ2) is 8.32. The molecule has 0 aromatic heterocycles. The van der Waals surface area contributed by atoms with Gasteiger partial charge in [-0.25, -0.2) is 0 Å². The molecule has 19 heavy (non-hydrogen) atoms. The Labute approximate surface area is 116 Å². The SMILES string of the molecule is CCN(Cc1ccccc1C#CCN)CC(C)C#N. The van der Waals surface area contributed by atoms with Gasteiger partial charge in [-0.15, -0.1) is 0 Å². The second-order valence-corrected chi connectivity index (χ2v) is 4.52. The number of hydrogen-bond acceptors (Lipinski definition) is 3. The molecule has 0 spiro atoms. The van der Waals surface area contributed by atoms with Crippen molar-refractivity contribution in [3.05, 3.63) is 35.4 Å². The normalized spacial score (nSPS) is 11.5. The highest BCUT2D eigenvalue weighted by atomic mass is 15.1. The zero-order chi connectivity index (χ0) is 14.1. The van der Waals surface area contributed by atoms with Crippen LogP contribution in [-0.2, 0) is 6.54 Å². The standard InChI is InChI=1S/C16H21N3/c1-3-19(12-14(2)11-18)13-16-8-5-4-7-15(16)9-6-10-17/h4-5,7-8,14H,3,10,12-13,17H2,1-2H3. The van der Waals surface area contributed by atoms with E-state index in [4.69, 9.17) is 11.0 Å². The molecule has 0 saturated heterocycles. The van der Waals surface area contributed by atoms with Crippen LogP contribution >= 0.6 is 0 Å². The molecular formula is C16H21N3. The summed E-state index contributed by atoms with van der Waals surface area (Å²) in [5.41, 5.74) is 7.63. The van der Waals surface area contributed by atoms with E-state index in [1.807, 2.05) is 25.1 Å². The molecule has 0 saturated carbocycles. The molecule has 1 rings (SSSR count). The molecule has 2 N–H and O–H groups in total. The van der Waals surface area contributed by atoms with Gasteiger partial charge in [0.05, 0.1) is 18.5 Å². The fourth-order valence-corrected chi connectivity index (χ4v) is 1.90. The van der Waals surface area contributed by atoms with E-state index in [0.29, 0.717) is 6.54 Å². The predicted octanol–water partition coefficient (Wildman–Crippen LogP) is 1.98. The van der Waals surface area contributed by atoms with Crippen LogP contribution in [-0.4, -0.2) is 24.5 Å². The monoisotopic (exact) mass is 255 g/mol. The average Bonchev–Trinajstić information content (AvgIpc) is 2.45. The molecule has 1 aromatic carbocycles. The molecule has 1 unspecified atom stereocenters. The second-order valence-electron chi connectivity index (χ2n) is 4.52. The number of benzene rings is 1. The maximum Gasteiger partial charge on any atom is 0.0666 e. The van der Waals surface area contributed by atoms with Crippen LogP contribution < -0.4 is 5.73 Å². The van der Waals surface area contributed by atoms with Gasteiger partial charge in [-0.2, -0.15) is 5.26 Å². The van der Waals surface area contributed by atoms with Crippen LogP contribution in [0.5, 0.6) is 0 Å². The van der Waals surface area contributed by atoms with Crippen LogP contribution in [0.1, 0.15) is 25.0 Å². The summed E-state index contributed by atoms with van der Waals surface area (Å²) in [6.07, 6.45) is 0. The topological polar surface area (TPSA) is 53.0 Å². The molecule has 0 aliphatic carbocycles. The van der Waals surface area contributed by atoms with Crippen molar-refractivity contribution in [2.24, 2.45) is 11.7 Å². The Morgan fingerprint density at radius 1 is 1.37 bits per heavy atom. The largest absolute Gasteiger partial charge is 0.320 e. The van der Waals surface area contributed by atoms with Crippen molar-refractivity contribution >= 4 is 0 Å². The Morgan fingerprint density at radius 3 is 2.74 bits per heavy atom. The van der Waals surface area contributed by atoms with Gasteiger partial charge in [-0.05, 0) is 25.1 Å². The van der Waals surface area contributed by atoms with Crippen LogP contribution in [0.2, 0.25) is 0 Å². The maximum atomic E-state index is 8.90. The minimum absolute atomic E-state index is 0.0437. The van der Waals surface area contributed by atoms with E-state index in [1.165, 1.54) is 5.56 Å². The zero-order valence-corrected chi connectivity index (χ0v) is 11.7. The lowest BCUT2D eigenvalue weighted by Crippen LogP contribution is -2.27. The van der Waals surface area contributed by atoms with Crippen LogP contribution in [0.3, 0.4) is 0 Å². The first kappa shape index (κ1) is 15.2. The summed E-state index contributed by atoms with van der Waals surface area (Å²) in [4.78, 5) is 2.26. The summed E-state index contributed by atoms with van der Waals surface area (Å²) in [5.74, 6) is 6.04. The van der Waals surface area contributed by atoms with Crippen molar-refractivity contribution < 1.29 is 0 Å². The summed E-state index contributed by atoms with van der Waals surface area (Å²) < 4.78 is 0. The summed E-state index contributed by atoms with van der Waals surface area (Å²) in [6.45, 7) is 6.95. The highest BCUT2D eigenvalue weighted by molar-refractivity contribution is 5.41. The van der Waals surface area contributed by atoms with Crippen molar-refractivity contribution in [1.29, 1.82) is 5.26 Å². The molecule has 1 aromatic rings. The van der Waals surface area contributed by atoms with Gasteiger partial charge in [-0.3, -0.25) is 4.90 Å². The van der Waals surface area contributed by atoms with Gasteiger partial charge < -0.3 is 5.73 Å². The van der Waals surface area contributed by atoms with E-state index in [0.717, 1.165) is 25.2 Å². The Bertz CT molecular complexity index is 491. The fraction of sp³-hybridized carbons (Fsp3) is 0.438. The van der Waals surface area contributed by atoms with Gasteiger partial charge in [0.15, 0.2) is 0 Å². The molecule has 0 amide bonds. The molecule has 0 bridgehead atoms. The molecule has 0 heterocycles. The minimum atomic E-state index is 0.0437. The van der Waals surface area contributed by atoms with Crippen LogP contribution in [0.25, 0.3) is 0 Å². The Kier molecular flexibility index (Phi) is 6.68. The van der Waals surface area contributed by atoms with Crippen molar-refractivity contribution in [2.75, 3.05) is 19.6 Å². The fourth-order valence-electron chi connectivity index (χ4n) is 1.90. The lowest BCUT2D eigenvalue weighted by atomic mass is 10.1. The van der Waals surface area contributed by atoms with E-state index >= 15 is 0 Å². The number of nitriles is 1. The quantitative estimate of drug-likeness (QED) is 0.819. The summed E-state index contributed by atoms with van der Waals surface area (Å²) in [5, 5.41) is 8.90. The van der Waals surface area contributed by atoms with Crippen LogP contribution in [0.4, 0.5) is 0 Å². The first-order valence-electron chi connectivity index (χ1n) is 6.60. The first-order chi connectivity index (χ1) is 9.21. The number of rotatable bonds is 5. The molecular weight excluding hydrogens is 234 g/mol. The van der Waals surface area contributed by atoms with E-state index < -0.39 is 0 Å². The van der Waals surface area contributed by atoms with Gasteiger partial charge >= 0.3 is 0 Å². The highest BCUT2D eigenvalue weighted by Gasteiger charge is 2.10. The van der Waals surface area contributed by atoms with E-state index in [-0.39, 0.29) is 5.92 Å². The average molecular weight is 255 g/mol.